The van der Waals surface area contributed by atoms with Crippen LogP contribution in [-0.4, -0.2) is 42.4 Å². The Morgan fingerprint density at radius 1 is 1.71 bits per heavy atom. The van der Waals surface area contributed by atoms with Crippen molar-refractivity contribution in [2.75, 3.05) is 13.6 Å². The van der Waals surface area contributed by atoms with E-state index in [9.17, 15) is 13.2 Å². The summed E-state index contributed by atoms with van der Waals surface area (Å²) in [6, 6.07) is 0. The molecule has 0 saturated heterocycles. The van der Waals surface area contributed by atoms with Crippen molar-refractivity contribution >= 4 is 15.9 Å². The minimum atomic E-state index is -3.65. The van der Waals surface area contributed by atoms with Crippen molar-refractivity contribution < 1.29 is 13.2 Å². The van der Waals surface area contributed by atoms with Gasteiger partial charge in [0.25, 0.3) is 0 Å². The number of carbonyl (C=O) groups excluding carboxylic acids is 1. The molecule has 1 heterocycles. The molecule has 1 aromatic rings. The average molecular weight is 218 g/mol. The second-order valence-corrected chi connectivity index (χ2v) is 4.71. The van der Waals surface area contributed by atoms with E-state index in [1.54, 1.807) is 0 Å². The highest BCUT2D eigenvalue weighted by atomic mass is 32.2. The van der Waals surface area contributed by atoms with Crippen LogP contribution in [0.25, 0.3) is 0 Å². The van der Waals surface area contributed by atoms with E-state index in [0.717, 1.165) is 10.5 Å². The van der Waals surface area contributed by atoms with E-state index in [0.29, 0.717) is 0 Å². The van der Waals surface area contributed by atoms with Crippen LogP contribution in [0, 0.1) is 0 Å². The molecular weight excluding hydrogens is 208 g/mol. The van der Waals surface area contributed by atoms with Gasteiger partial charge in [-0.1, -0.05) is 0 Å². The number of carbonyl (C=O) groups is 1. The molecule has 0 fully saturated rings. The summed E-state index contributed by atoms with van der Waals surface area (Å²) in [5.74, 6) is -0.709. The fourth-order valence-electron chi connectivity index (χ4n) is 0.864. The van der Waals surface area contributed by atoms with Crippen LogP contribution < -0.4 is 5.73 Å². The Morgan fingerprint density at radius 2 is 2.36 bits per heavy atom. The highest BCUT2D eigenvalue weighted by molar-refractivity contribution is 7.89. The van der Waals surface area contributed by atoms with Crippen LogP contribution >= 0.6 is 0 Å². The largest absolute Gasteiger partial charge is 0.369 e. The standard InChI is InChI=1S/C6H10N4O3S/c1-10(4-6(7)11)14(12,13)5-2-8-9-3-5/h2-3H,4H2,1H3,(H2,7,11)(H,8,9). The average Bonchev–Trinajstić information content (AvgIpc) is 2.54. The number of nitrogens with one attached hydrogen (secondary N) is 1. The van der Waals surface area contributed by atoms with E-state index in [1.165, 1.54) is 13.2 Å². The van der Waals surface area contributed by atoms with Gasteiger partial charge in [0, 0.05) is 13.2 Å². The molecule has 1 aromatic heterocycles. The van der Waals surface area contributed by atoms with Crippen molar-refractivity contribution in [3.05, 3.63) is 12.4 Å². The van der Waals surface area contributed by atoms with Crippen LogP contribution in [0.15, 0.2) is 17.3 Å². The molecule has 0 spiro atoms. The zero-order valence-corrected chi connectivity index (χ0v) is 8.28. The molecule has 0 bridgehead atoms. The Labute approximate surface area is 80.9 Å². The topological polar surface area (TPSA) is 109 Å². The maximum Gasteiger partial charge on any atom is 0.246 e. The summed E-state index contributed by atoms with van der Waals surface area (Å²) < 4.78 is 24.0. The van der Waals surface area contributed by atoms with Crippen LogP contribution in [0.3, 0.4) is 0 Å². The number of H-pyrrole nitrogens is 1. The third kappa shape index (κ3) is 2.09. The summed E-state index contributed by atoms with van der Waals surface area (Å²) in [6.45, 7) is -0.354. The Balaban J connectivity index is 2.92. The van der Waals surface area contributed by atoms with Gasteiger partial charge in [-0.25, -0.2) is 8.42 Å². The highest BCUT2D eigenvalue weighted by Crippen LogP contribution is 2.10. The second-order valence-electron chi connectivity index (χ2n) is 2.66. The Hall–Kier alpha value is -1.41. The number of nitrogens with zero attached hydrogens (tertiary/aromatic N) is 2. The fourth-order valence-corrected chi connectivity index (χ4v) is 1.91. The van der Waals surface area contributed by atoms with Crippen LogP contribution in [0.4, 0.5) is 0 Å². The molecule has 0 unspecified atom stereocenters. The van der Waals surface area contributed by atoms with Gasteiger partial charge in [0.05, 0.1) is 12.7 Å². The van der Waals surface area contributed by atoms with Gasteiger partial charge in [0.15, 0.2) is 0 Å². The van der Waals surface area contributed by atoms with Gasteiger partial charge in [0.2, 0.25) is 15.9 Å². The molecule has 14 heavy (non-hydrogen) atoms. The SMILES string of the molecule is CN(CC(N)=O)S(=O)(=O)c1cn[nH]c1. The molecule has 3 N–H and O–H groups in total. The molecule has 78 valence electrons. The summed E-state index contributed by atoms with van der Waals surface area (Å²) in [5, 5.41) is 5.88. The lowest BCUT2D eigenvalue weighted by atomic mass is 10.6. The first-order valence-corrected chi connectivity index (χ1v) is 5.12. The van der Waals surface area contributed by atoms with Crippen LogP contribution in [0.5, 0.6) is 0 Å². The van der Waals surface area contributed by atoms with E-state index in [-0.39, 0.29) is 11.4 Å². The van der Waals surface area contributed by atoms with E-state index in [2.05, 4.69) is 10.2 Å². The van der Waals surface area contributed by atoms with Crippen molar-refractivity contribution in [3.63, 3.8) is 0 Å². The van der Waals surface area contributed by atoms with Gasteiger partial charge < -0.3 is 5.73 Å². The van der Waals surface area contributed by atoms with E-state index < -0.39 is 15.9 Å². The second kappa shape index (κ2) is 3.76. The van der Waals surface area contributed by atoms with Crippen molar-refractivity contribution in [2.24, 2.45) is 5.73 Å². The molecule has 7 nitrogen and oxygen atoms in total. The van der Waals surface area contributed by atoms with Gasteiger partial charge in [-0.2, -0.15) is 9.40 Å². The first-order chi connectivity index (χ1) is 6.44. The number of hydrogen-bond donors (Lipinski definition) is 2. The van der Waals surface area contributed by atoms with Gasteiger partial charge in [-0.15, -0.1) is 0 Å². The number of hydrogen-bond acceptors (Lipinski definition) is 4. The fraction of sp³-hybridized carbons (Fsp3) is 0.333. The number of primary amides is 1. The monoisotopic (exact) mass is 218 g/mol. The number of nitrogens with two attached hydrogens (primary N) is 1. The summed E-state index contributed by atoms with van der Waals surface area (Å²) in [5.41, 5.74) is 4.87. The van der Waals surface area contributed by atoms with Crippen molar-refractivity contribution in [3.8, 4) is 0 Å². The number of amides is 1. The van der Waals surface area contributed by atoms with Gasteiger partial charge in [-0.05, 0) is 0 Å². The Morgan fingerprint density at radius 3 is 2.79 bits per heavy atom. The van der Waals surface area contributed by atoms with Gasteiger partial charge in [-0.3, -0.25) is 9.89 Å². The number of aromatic nitrogens is 2. The van der Waals surface area contributed by atoms with Crippen molar-refractivity contribution in [2.45, 2.75) is 4.90 Å². The summed E-state index contributed by atoms with van der Waals surface area (Å²) in [4.78, 5) is 10.5. The van der Waals surface area contributed by atoms with E-state index in [1.807, 2.05) is 0 Å². The summed E-state index contributed by atoms with van der Waals surface area (Å²) >= 11 is 0. The molecule has 0 aliphatic heterocycles. The number of aromatic amines is 1. The zero-order chi connectivity index (χ0) is 10.8. The molecule has 1 amide bonds. The number of likely N-dealkylation sites (N-methyl/N-ethyl adjacent to an activating group) is 1. The Bertz CT molecular complexity index is 410. The van der Waals surface area contributed by atoms with Gasteiger partial charge >= 0.3 is 0 Å². The summed E-state index contributed by atoms with van der Waals surface area (Å²) in [7, 11) is -2.38. The molecule has 0 saturated carbocycles. The van der Waals surface area contributed by atoms with Crippen LogP contribution in [0.2, 0.25) is 0 Å². The van der Waals surface area contributed by atoms with Gasteiger partial charge in [0.1, 0.15) is 4.90 Å². The minimum absolute atomic E-state index is 0.00116. The maximum atomic E-state index is 11.6. The quantitative estimate of drug-likeness (QED) is 0.642. The first-order valence-electron chi connectivity index (χ1n) is 3.68. The molecule has 0 radical (unpaired) electrons. The number of sulfonamides is 1. The molecule has 1 rings (SSSR count). The molecule has 0 aliphatic carbocycles. The lowest BCUT2D eigenvalue weighted by Crippen LogP contribution is -2.35. The molecular formula is C6H10N4O3S. The smallest absolute Gasteiger partial charge is 0.246 e. The van der Waals surface area contributed by atoms with E-state index in [4.69, 9.17) is 5.73 Å². The van der Waals surface area contributed by atoms with E-state index >= 15 is 0 Å². The summed E-state index contributed by atoms with van der Waals surface area (Å²) in [6.07, 6.45) is 2.39. The minimum Gasteiger partial charge on any atom is -0.369 e. The Kier molecular flexibility index (Phi) is 2.87. The molecule has 0 aromatic carbocycles. The van der Waals surface area contributed by atoms with Crippen molar-refractivity contribution in [1.82, 2.24) is 14.5 Å². The predicted octanol–water partition coefficient (Wildman–Crippen LogP) is -1.48. The molecule has 0 aliphatic rings. The molecule has 0 atom stereocenters. The van der Waals surface area contributed by atoms with Crippen LogP contribution in [-0.2, 0) is 14.8 Å². The van der Waals surface area contributed by atoms with Crippen LogP contribution in [0.1, 0.15) is 0 Å². The zero-order valence-electron chi connectivity index (χ0n) is 7.47. The lowest BCUT2D eigenvalue weighted by molar-refractivity contribution is -0.118. The predicted molar refractivity (Wildman–Crippen MR) is 47.6 cm³/mol. The normalized spacial score (nSPS) is 11.9. The first kappa shape index (κ1) is 10.7. The lowest BCUT2D eigenvalue weighted by Gasteiger charge is -2.13. The molecule has 8 heteroatoms. The third-order valence-electron chi connectivity index (χ3n) is 1.56. The third-order valence-corrected chi connectivity index (χ3v) is 3.33. The maximum absolute atomic E-state index is 11.6. The number of rotatable bonds is 4. The highest BCUT2D eigenvalue weighted by Gasteiger charge is 2.22. The van der Waals surface area contributed by atoms with Crippen molar-refractivity contribution in [1.29, 1.82) is 0 Å².